The molecule has 0 atom stereocenters. The second kappa shape index (κ2) is 11.9. The maximum absolute atomic E-state index is 13.5. The number of rotatable bonds is 4. The molecule has 0 unspecified atom stereocenters. The fraction of sp³-hybridized carbons (Fsp3) is 0.316. The van der Waals surface area contributed by atoms with Crippen LogP contribution < -0.4 is 24.8 Å². The molecule has 0 amide bonds. The minimum atomic E-state index is -2.22. The molecule has 0 fully saturated rings. The summed E-state index contributed by atoms with van der Waals surface area (Å²) in [6, 6.07) is 5.26. The van der Waals surface area contributed by atoms with E-state index in [1.807, 2.05) is 20.8 Å². The number of halogens is 7. The number of benzene rings is 2. The smallest absolute Gasteiger partial charge is 1.00 e. The van der Waals surface area contributed by atoms with Gasteiger partial charge in [0.1, 0.15) is 11.4 Å². The molecular weight excluding hydrogens is 472 g/mol. The van der Waals surface area contributed by atoms with Gasteiger partial charge < -0.3 is 29.9 Å². The van der Waals surface area contributed by atoms with Gasteiger partial charge >= 0.3 is 21.7 Å². The maximum atomic E-state index is 13.5. The minimum Gasteiger partial charge on any atom is -1.00 e. The van der Waals surface area contributed by atoms with Gasteiger partial charge in [-0.3, -0.25) is 4.99 Å². The van der Waals surface area contributed by atoms with Crippen molar-refractivity contribution < 1.29 is 73.6 Å². The number of aliphatic imine (C=N–C) groups is 1. The molecule has 1 N–H and O–H groups in total. The van der Waals surface area contributed by atoms with Crippen LogP contribution in [0.2, 0.25) is 0 Å². The second-order valence-corrected chi connectivity index (χ2v) is 6.83. The summed E-state index contributed by atoms with van der Waals surface area (Å²) >= 11 is 0. The molecule has 0 aromatic heterocycles. The van der Waals surface area contributed by atoms with Crippen molar-refractivity contribution in [2.24, 2.45) is 4.99 Å². The predicted octanol–water partition coefficient (Wildman–Crippen LogP) is -0.274. The van der Waals surface area contributed by atoms with Gasteiger partial charge in [-0.2, -0.15) is 0 Å². The molecule has 2 nitrogen and oxygen atoms in total. The Balaban J connectivity index is 0. The fourth-order valence-corrected chi connectivity index (χ4v) is 2.48. The van der Waals surface area contributed by atoms with E-state index in [9.17, 15) is 27.1 Å². The van der Waals surface area contributed by atoms with Crippen molar-refractivity contribution in [3.8, 4) is 5.75 Å². The molecule has 0 radical (unpaired) electrons. The van der Waals surface area contributed by atoms with Gasteiger partial charge in [0.15, 0.2) is 23.3 Å². The monoisotopic (exact) mass is 489 g/mol. The average Bonchev–Trinajstić information content (AvgIpc) is 2.57. The van der Waals surface area contributed by atoms with E-state index in [-0.39, 0.29) is 70.5 Å². The molecule has 0 aliphatic heterocycles. The third-order valence-electron chi connectivity index (χ3n) is 3.88. The van der Waals surface area contributed by atoms with Crippen LogP contribution in [0.5, 0.6) is 5.75 Å². The predicted molar refractivity (Wildman–Crippen MR) is 89.5 cm³/mol. The van der Waals surface area contributed by atoms with Gasteiger partial charge in [-0.1, -0.05) is 39.0 Å². The number of hydrogen-bond donors (Lipinski definition) is 1. The van der Waals surface area contributed by atoms with Crippen molar-refractivity contribution in [2.75, 3.05) is 0 Å². The zero-order valence-corrected chi connectivity index (χ0v) is 18.8. The van der Waals surface area contributed by atoms with Gasteiger partial charge in [0, 0.05) is 6.21 Å². The standard InChI is InChI=1S/C19H18F5NO.2ClH.Ti/c1-19(2,3)11-8-4-6-10(18(11)26)7-5-9-25-17-15(23)13(21)12(20)14(22)16(17)24;;;/h4,6,8-9,26H,5,7H2,1-3H3;2*1H;/q;;;+2/p-2. The number of nitrogens with zero attached hydrogens (tertiary/aromatic N) is 1. The summed E-state index contributed by atoms with van der Waals surface area (Å²) in [4.78, 5) is 3.38. The Kier molecular flexibility index (Phi) is 12.3. The molecular formula is C19H18Cl2F5NOTi. The van der Waals surface area contributed by atoms with Crippen LogP contribution in [-0.2, 0) is 33.6 Å². The fourth-order valence-electron chi connectivity index (χ4n) is 2.48. The molecule has 2 rings (SSSR count). The molecule has 158 valence electrons. The zero-order chi connectivity index (χ0) is 19.6. The van der Waals surface area contributed by atoms with Crippen LogP contribution in [0, 0.1) is 29.1 Å². The number of para-hydroxylation sites is 1. The van der Waals surface area contributed by atoms with E-state index in [1.165, 1.54) is 0 Å². The molecule has 10 heteroatoms. The van der Waals surface area contributed by atoms with Crippen molar-refractivity contribution in [1.29, 1.82) is 0 Å². The Morgan fingerprint density at radius 3 is 1.86 bits per heavy atom. The van der Waals surface area contributed by atoms with Crippen molar-refractivity contribution in [1.82, 2.24) is 0 Å². The Hall–Kier alpha value is -1.15. The average molecular weight is 490 g/mol. The van der Waals surface area contributed by atoms with Crippen LogP contribution in [0.15, 0.2) is 23.2 Å². The summed E-state index contributed by atoms with van der Waals surface area (Å²) < 4.78 is 66.3. The van der Waals surface area contributed by atoms with Gasteiger partial charge in [-0.15, -0.1) is 0 Å². The van der Waals surface area contributed by atoms with Crippen molar-refractivity contribution in [3.05, 3.63) is 58.4 Å². The Labute approximate surface area is 193 Å². The summed E-state index contributed by atoms with van der Waals surface area (Å²) in [5.41, 5.74) is -0.161. The molecule has 0 saturated heterocycles. The zero-order valence-electron chi connectivity index (χ0n) is 15.8. The summed E-state index contributed by atoms with van der Waals surface area (Å²) in [6.45, 7) is 5.82. The largest absolute Gasteiger partial charge is 2.00 e. The van der Waals surface area contributed by atoms with Gasteiger partial charge in [0.05, 0.1) is 0 Å². The van der Waals surface area contributed by atoms with E-state index in [2.05, 4.69) is 4.99 Å². The first-order valence-electron chi connectivity index (χ1n) is 7.91. The van der Waals surface area contributed by atoms with Crippen molar-refractivity contribution in [2.45, 2.75) is 39.0 Å². The Morgan fingerprint density at radius 1 is 0.897 bits per heavy atom. The maximum Gasteiger partial charge on any atom is 2.00 e. The Bertz CT molecular complexity index is 844. The first kappa shape index (κ1) is 30.1. The van der Waals surface area contributed by atoms with E-state index < -0.39 is 34.8 Å². The first-order chi connectivity index (χ1) is 12.1. The topological polar surface area (TPSA) is 32.6 Å². The summed E-state index contributed by atoms with van der Waals surface area (Å²) in [7, 11) is 0. The van der Waals surface area contributed by atoms with Crippen LogP contribution in [0.3, 0.4) is 0 Å². The van der Waals surface area contributed by atoms with Crippen molar-refractivity contribution in [3.63, 3.8) is 0 Å². The molecule has 0 spiro atoms. The first-order valence-corrected chi connectivity index (χ1v) is 7.91. The number of phenols is 1. The SMILES string of the molecule is CC(C)(C)c1cccc(CCC=Nc2c(F)c(F)c(F)c(F)c2F)c1O.[Cl-].[Cl-].[Ti+2]. The number of aromatic hydroxyl groups is 1. The van der Waals surface area contributed by atoms with E-state index in [4.69, 9.17) is 0 Å². The molecule has 2 aromatic carbocycles. The number of phenolic OH excluding ortho intramolecular Hbond substituents is 1. The van der Waals surface area contributed by atoms with Gasteiger partial charge in [0.2, 0.25) is 5.82 Å². The molecule has 2 aromatic rings. The van der Waals surface area contributed by atoms with Gasteiger partial charge in [0.25, 0.3) is 0 Å². The van der Waals surface area contributed by atoms with Crippen LogP contribution >= 0.6 is 0 Å². The number of aryl methyl sites for hydroxylation is 1. The van der Waals surface area contributed by atoms with E-state index in [0.717, 1.165) is 11.8 Å². The molecule has 0 aliphatic rings. The van der Waals surface area contributed by atoms with Crippen LogP contribution in [-0.4, -0.2) is 11.3 Å². The van der Waals surface area contributed by atoms with Crippen LogP contribution in [0.25, 0.3) is 0 Å². The third-order valence-corrected chi connectivity index (χ3v) is 3.88. The second-order valence-electron chi connectivity index (χ2n) is 6.83. The number of hydrogen-bond acceptors (Lipinski definition) is 2. The van der Waals surface area contributed by atoms with E-state index in [0.29, 0.717) is 5.56 Å². The van der Waals surface area contributed by atoms with E-state index >= 15 is 0 Å². The van der Waals surface area contributed by atoms with Gasteiger partial charge in [-0.25, -0.2) is 22.0 Å². The minimum absolute atomic E-state index is 0. The Morgan fingerprint density at radius 2 is 1.38 bits per heavy atom. The normalized spacial score (nSPS) is 10.9. The van der Waals surface area contributed by atoms with Crippen LogP contribution in [0.4, 0.5) is 27.6 Å². The summed E-state index contributed by atoms with van der Waals surface area (Å²) in [5.74, 6) is -10.1. The molecule has 0 aliphatic carbocycles. The third kappa shape index (κ3) is 6.67. The molecule has 0 saturated carbocycles. The summed E-state index contributed by atoms with van der Waals surface area (Å²) in [6.07, 6.45) is 1.48. The van der Waals surface area contributed by atoms with E-state index in [1.54, 1.807) is 18.2 Å². The van der Waals surface area contributed by atoms with Gasteiger partial charge in [-0.05, 0) is 29.4 Å². The van der Waals surface area contributed by atoms with Crippen LogP contribution in [0.1, 0.15) is 38.3 Å². The van der Waals surface area contributed by atoms with Crippen molar-refractivity contribution >= 4 is 11.9 Å². The molecule has 0 bridgehead atoms. The molecule has 0 heterocycles. The summed E-state index contributed by atoms with van der Waals surface area (Å²) in [5, 5.41) is 10.3. The quantitative estimate of drug-likeness (QED) is 0.207. The molecule has 29 heavy (non-hydrogen) atoms.